The molecule has 0 saturated carbocycles. The molecule has 0 spiro atoms. The normalized spacial score (nSPS) is 16.5. The van der Waals surface area contributed by atoms with Crippen LogP contribution in [-0.4, -0.2) is 49.6 Å². The largest absolute Gasteiger partial charge is 0.481 e. The molecule has 1 N–H and O–H groups in total. The molecule has 1 heterocycles. The van der Waals surface area contributed by atoms with Crippen molar-refractivity contribution in [3.05, 3.63) is 65.0 Å². The Hall–Kier alpha value is -2.93. The van der Waals surface area contributed by atoms with Gasteiger partial charge in [0.2, 0.25) is 5.91 Å². The number of carbonyl (C=O) groups is 2. The van der Waals surface area contributed by atoms with Crippen molar-refractivity contribution in [2.24, 2.45) is 5.41 Å². The van der Waals surface area contributed by atoms with Crippen molar-refractivity contribution in [3.8, 4) is 5.75 Å². The number of fused-ring (bicyclic) bond motifs is 1. The zero-order valence-corrected chi connectivity index (χ0v) is 20.7. The fourth-order valence-corrected chi connectivity index (χ4v) is 4.23. The molecule has 1 aliphatic heterocycles. The van der Waals surface area contributed by atoms with Crippen LogP contribution < -0.4 is 10.1 Å². The molecule has 0 aromatic heterocycles. The fraction of sp³-hybridized carbons (Fsp3) is 0.481. The number of rotatable bonds is 8. The van der Waals surface area contributed by atoms with Crippen molar-refractivity contribution < 1.29 is 23.5 Å². The summed E-state index contributed by atoms with van der Waals surface area (Å²) in [5, 5.41) is 2.81. The van der Waals surface area contributed by atoms with E-state index in [0.29, 0.717) is 43.9 Å². The average molecular weight is 471 g/mol. The minimum absolute atomic E-state index is 0.00249. The lowest BCUT2D eigenvalue weighted by atomic mass is 9.85. The SMILES string of the molecule is CCC(Oc1ccc2c(c1)C(c1cccc(F)c1)N(C(=O)C(C)(C)C)CC2)C(=O)NCCOC. The van der Waals surface area contributed by atoms with Crippen LogP contribution >= 0.6 is 0 Å². The molecule has 0 saturated heterocycles. The molecule has 2 atom stereocenters. The number of benzene rings is 2. The third-order valence-electron chi connectivity index (χ3n) is 5.96. The molecule has 6 nitrogen and oxygen atoms in total. The Morgan fingerprint density at radius 1 is 1.21 bits per heavy atom. The van der Waals surface area contributed by atoms with Gasteiger partial charge in [0.25, 0.3) is 5.91 Å². The molecule has 0 aliphatic carbocycles. The number of hydrogen-bond donors (Lipinski definition) is 1. The van der Waals surface area contributed by atoms with E-state index in [1.807, 2.05) is 56.9 Å². The average Bonchev–Trinajstić information content (AvgIpc) is 2.80. The van der Waals surface area contributed by atoms with Crippen molar-refractivity contribution in [2.45, 2.75) is 52.7 Å². The third kappa shape index (κ3) is 5.95. The zero-order valence-electron chi connectivity index (χ0n) is 20.7. The summed E-state index contributed by atoms with van der Waals surface area (Å²) in [7, 11) is 1.58. The Labute approximate surface area is 201 Å². The summed E-state index contributed by atoms with van der Waals surface area (Å²) >= 11 is 0. The van der Waals surface area contributed by atoms with Gasteiger partial charge in [0, 0.05) is 25.6 Å². The van der Waals surface area contributed by atoms with Crippen molar-refractivity contribution in [1.82, 2.24) is 10.2 Å². The third-order valence-corrected chi connectivity index (χ3v) is 5.96. The van der Waals surface area contributed by atoms with Crippen LogP contribution in [0.25, 0.3) is 0 Å². The van der Waals surface area contributed by atoms with Gasteiger partial charge >= 0.3 is 0 Å². The van der Waals surface area contributed by atoms with Gasteiger partial charge < -0.3 is 19.7 Å². The van der Waals surface area contributed by atoms with E-state index in [9.17, 15) is 14.0 Å². The Morgan fingerprint density at radius 2 is 1.97 bits per heavy atom. The molecule has 7 heteroatoms. The predicted octanol–water partition coefficient (Wildman–Crippen LogP) is 4.27. The van der Waals surface area contributed by atoms with E-state index in [-0.39, 0.29) is 17.6 Å². The van der Waals surface area contributed by atoms with Gasteiger partial charge in [-0.1, -0.05) is 45.9 Å². The lowest BCUT2D eigenvalue weighted by Gasteiger charge is -2.41. The molecular weight excluding hydrogens is 435 g/mol. The highest BCUT2D eigenvalue weighted by Crippen LogP contribution is 2.39. The van der Waals surface area contributed by atoms with Gasteiger partial charge in [-0.3, -0.25) is 9.59 Å². The lowest BCUT2D eigenvalue weighted by Crippen LogP contribution is -2.45. The van der Waals surface area contributed by atoms with Crippen LogP contribution in [0.15, 0.2) is 42.5 Å². The van der Waals surface area contributed by atoms with E-state index >= 15 is 0 Å². The van der Waals surface area contributed by atoms with E-state index in [1.54, 1.807) is 13.2 Å². The van der Waals surface area contributed by atoms with Crippen molar-refractivity contribution >= 4 is 11.8 Å². The summed E-state index contributed by atoms with van der Waals surface area (Å²) in [5.41, 5.74) is 2.10. The molecule has 184 valence electrons. The summed E-state index contributed by atoms with van der Waals surface area (Å²) < 4.78 is 25.2. The predicted molar refractivity (Wildman–Crippen MR) is 129 cm³/mol. The second-order valence-electron chi connectivity index (χ2n) is 9.62. The van der Waals surface area contributed by atoms with Gasteiger partial charge in [-0.15, -0.1) is 0 Å². The topological polar surface area (TPSA) is 67.9 Å². The fourth-order valence-electron chi connectivity index (χ4n) is 4.23. The van der Waals surface area contributed by atoms with Crippen LogP contribution in [0.5, 0.6) is 5.75 Å². The van der Waals surface area contributed by atoms with Crippen LogP contribution in [0.1, 0.15) is 56.8 Å². The summed E-state index contributed by atoms with van der Waals surface area (Å²) in [6, 6.07) is 11.7. The number of ether oxygens (including phenoxy) is 2. The maximum absolute atomic E-state index is 14.2. The molecule has 1 aliphatic rings. The van der Waals surface area contributed by atoms with E-state index in [0.717, 1.165) is 11.1 Å². The van der Waals surface area contributed by atoms with Gasteiger partial charge in [0.05, 0.1) is 12.6 Å². The Kier molecular flexibility index (Phi) is 8.31. The maximum Gasteiger partial charge on any atom is 0.261 e. The minimum atomic E-state index is -0.654. The molecule has 2 aromatic carbocycles. The number of nitrogens with one attached hydrogen (secondary N) is 1. The first-order valence-electron chi connectivity index (χ1n) is 11.8. The van der Waals surface area contributed by atoms with Gasteiger partial charge in [0.1, 0.15) is 11.6 Å². The summed E-state index contributed by atoms with van der Waals surface area (Å²) in [5.74, 6) is -0.0101. The van der Waals surface area contributed by atoms with Crippen LogP contribution in [0.2, 0.25) is 0 Å². The number of methoxy groups -OCH3 is 1. The zero-order chi connectivity index (χ0) is 24.9. The molecule has 2 amide bonds. The van der Waals surface area contributed by atoms with E-state index < -0.39 is 17.6 Å². The highest BCUT2D eigenvalue weighted by Gasteiger charge is 2.37. The van der Waals surface area contributed by atoms with Gasteiger partial charge in [0.15, 0.2) is 6.10 Å². The van der Waals surface area contributed by atoms with E-state index in [4.69, 9.17) is 9.47 Å². The smallest absolute Gasteiger partial charge is 0.261 e. The van der Waals surface area contributed by atoms with Gasteiger partial charge in [-0.25, -0.2) is 4.39 Å². The van der Waals surface area contributed by atoms with Crippen LogP contribution in [-0.2, 0) is 20.7 Å². The minimum Gasteiger partial charge on any atom is -0.481 e. The van der Waals surface area contributed by atoms with E-state index in [2.05, 4.69) is 5.32 Å². The highest BCUT2D eigenvalue weighted by atomic mass is 19.1. The first-order chi connectivity index (χ1) is 16.2. The number of hydrogen-bond acceptors (Lipinski definition) is 4. The summed E-state index contributed by atoms with van der Waals surface area (Å²) in [4.78, 5) is 27.7. The molecule has 34 heavy (non-hydrogen) atoms. The quantitative estimate of drug-likeness (QED) is 0.586. The molecule has 2 unspecified atom stereocenters. The van der Waals surface area contributed by atoms with Gasteiger partial charge in [-0.05, 0) is 53.8 Å². The number of halogens is 1. The van der Waals surface area contributed by atoms with Crippen molar-refractivity contribution in [2.75, 3.05) is 26.8 Å². The Bertz CT molecular complexity index is 1020. The number of amides is 2. The molecule has 0 radical (unpaired) electrons. The highest BCUT2D eigenvalue weighted by molar-refractivity contribution is 5.83. The second-order valence-corrected chi connectivity index (χ2v) is 9.62. The monoisotopic (exact) mass is 470 g/mol. The maximum atomic E-state index is 14.2. The van der Waals surface area contributed by atoms with Crippen LogP contribution in [0.4, 0.5) is 4.39 Å². The standard InChI is InChI=1S/C27H35FN2O4/c1-6-23(25(31)29-13-15-33-5)34-21-11-10-18-12-14-30(26(32)27(2,3)4)24(22(18)17-21)19-8-7-9-20(28)16-19/h7-11,16-17,23-24H,6,12-15H2,1-5H3,(H,29,31). The molecule has 0 bridgehead atoms. The summed E-state index contributed by atoms with van der Waals surface area (Å²) in [6.07, 6.45) is 0.536. The van der Waals surface area contributed by atoms with Crippen LogP contribution in [0.3, 0.4) is 0 Å². The molecule has 0 fully saturated rings. The molecular formula is C27H35FN2O4. The summed E-state index contributed by atoms with van der Waals surface area (Å²) in [6.45, 7) is 8.93. The first-order valence-corrected chi connectivity index (χ1v) is 11.8. The van der Waals surface area contributed by atoms with Gasteiger partial charge in [-0.2, -0.15) is 0 Å². The Balaban J connectivity index is 1.97. The first kappa shape index (κ1) is 25.7. The van der Waals surface area contributed by atoms with Crippen molar-refractivity contribution in [1.29, 1.82) is 0 Å². The van der Waals surface area contributed by atoms with E-state index in [1.165, 1.54) is 12.1 Å². The van der Waals surface area contributed by atoms with Crippen LogP contribution in [0, 0.1) is 11.2 Å². The molecule has 2 aromatic rings. The molecule has 3 rings (SSSR count). The lowest BCUT2D eigenvalue weighted by molar-refractivity contribution is -0.141. The second kappa shape index (κ2) is 11.0. The van der Waals surface area contributed by atoms with Crippen molar-refractivity contribution in [3.63, 3.8) is 0 Å². The number of nitrogens with zero attached hydrogens (tertiary/aromatic N) is 1. The number of carbonyl (C=O) groups excluding carboxylic acids is 2. The Morgan fingerprint density at radius 3 is 2.62 bits per heavy atom.